The smallest absolute Gasteiger partial charge is 0.322 e. The van der Waals surface area contributed by atoms with Crippen molar-refractivity contribution in [3.63, 3.8) is 0 Å². The summed E-state index contributed by atoms with van der Waals surface area (Å²) in [6.45, 7) is 4.42. The third-order valence-electron chi connectivity index (χ3n) is 3.66. The topological polar surface area (TPSA) is 50.8 Å². The number of ether oxygens (including phenoxy) is 2. The molecule has 0 atom stereocenters. The fourth-order valence-corrected chi connectivity index (χ4v) is 2.41. The second kappa shape index (κ2) is 10.4. The molecule has 0 radical (unpaired) electrons. The van der Waals surface area contributed by atoms with Crippen molar-refractivity contribution in [3.8, 4) is 5.75 Å². The molecule has 1 N–H and O–H groups in total. The first kappa shape index (κ1) is 18.8. The monoisotopic (exact) mass is 342 g/mol. The number of urea groups is 1. The molecular weight excluding hydrogens is 316 g/mol. The minimum Gasteiger partial charge on any atom is -0.491 e. The van der Waals surface area contributed by atoms with Gasteiger partial charge < -0.3 is 19.7 Å². The molecule has 5 nitrogen and oxygen atoms in total. The molecule has 2 aromatic carbocycles. The molecule has 0 unspecified atom stereocenters. The van der Waals surface area contributed by atoms with Gasteiger partial charge in [-0.25, -0.2) is 4.79 Å². The highest BCUT2D eigenvalue weighted by atomic mass is 16.5. The van der Waals surface area contributed by atoms with Crippen LogP contribution < -0.4 is 10.1 Å². The van der Waals surface area contributed by atoms with Crippen LogP contribution in [0.25, 0.3) is 0 Å². The average Bonchev–Trinajstić information content (AvgIpc) is 2.64. The number of methoxy groups -OCH3 is 1. The van der Waals surface area contributed by atoms with Crippen molar-refractivity contribution < 1.29 is 14.3 Å². The van der Waals surface area contributed by atoms with Gasteiger partial charge in [-0.2, -0.15) is 0 Å². The first-order valence-electron chi connectivity index (χ1n) is 8.54. The fraction of sp³-hybridized carbons (Fsp3) is 0.350. The van der Waals surface area contributed by atoms with Crippen molar-refractivity contribution in [1.82, 2.24) is 4.90 Å². The molecule has 0 aliphatic rings. The van der Waals surface area contributed by atoms with E-state index in [1.54, 1.807) is 7.11 Å². The van der Waals surface area contributed by atoms with E-state index < -0.39 is 0 Å². The van der Waals surface area contributed by atoms with E-state index >= 15 is 0 Å². The van der Waals surface area contributed by atoms with Crippen LogP contribution in [0.2, 0.25) is 0 Å². The van der Waals surface area contributed by atoms with E-state index in [1.165, 1.54) is 0 Å². The third kappa shape index (κ3) is 6.47. The Morgan fingerprint density at radius 2 is 1.76 bits per heavy atom. The highest BCUT2D eigenvalue weighted by molar-refractivity contribution is 5.89. The van der Waals surface area contributed by atoms with Crippen molar-refractivity contribution in [2.24, 2.45) is 0 Å². The van der Waals surface area contributed by atoms with Crippen LogP contribution in [0.4, 0.5) is 10.5 Å². The molecule has 0 aliphatic carbocycles. The van der Waals surface area contributed by atoms with E-state index in [9.17, 15) is 4.79 Å². The number of hydrogen-bond donors (Lipinski definition) is 1. The maximum atomic E-state index is 12.6. The number of nitrogens with zero attached hydrogens (tertiary/aromatic N) is 1. The lowest BCUT2D eigenvalue weighted by Crippen LogP contribution is -2.35. The predicted molar refractivity (Wildman–Crippen MR) is 100.0 cm³/mol. The number of anilines is 1. The molecule has 134 valence electrons. The van der Waals surface area contributed by atoms with Crippen molar-refractivity contribution in [2.45, 2.75) is 19.9 Å². The Bertz CT molecular complexity index is 629. The Kier molecular flexibility index (Phi) is 7.79. The number of carbonyl (C=O) groups excluding carboxylic acids is 1. The maximum absolute atomic E-state index is 12.6. The summed E-state index contributed by atoms with van der Waals surface area (Å²) in [4.78, 5) is 14.4. The van der Waals surface area contributed by atoms with Crippen LogP contribution >= 0.6 is 0 Å². The van der Waals surface area contributed by atoms with Gasteiger partial charge in [-0.05, 0) is 36.2 Å². The largest absolute Gasteiger partial charge is 0.491 e. The number of nitrogens with one attached hydrogen (secondary N) is 1. The minimum absolute atomic E-state index is 0.0984. The summed E-state index contributed by atoms with van der Waals surface area (Å²) in [6.07, 6.45) is 0.909. The van der Waals surface area contributed by atoms with E-state index in [2.05, 4.69) is 12.2 Å². The van der Waals surface area contributed by atoms with Gasteiger partial charge in [0.1, 0.15) is 12.4 Å². The molecule has 0 fully saturated rings. The lowest BCUT2D eigenvalue weighted by molar-refractivity contribution is 0.146. The molecule has 0 saturated heterocycles. The zero-order chi connectivity index (χ0) is 17.9. The lowest BCUT2D eigenvalue weighted by Gasteiger charge is -2.22. The molecule has 0 aliphatic heterocycles. The first-order chi connectivity index (χ1) is 12.2. The zero-order valence-corrected chi connectivity index (χ0v) is 14.9. The van der Waals surface area contributed by atoms with Crippen molar-refractivity contribution in [3.05, 3.63) is 60.2 Å². The van der Waals surface area contributed by atoms with Crippen LogP contribution in [0.3, 0.4) is 0 Å². The molecule has 0 heterocycles. The lowest BCUT2D eigenvalue weighted by atomic mass is 10.2. The highest BCUT2D eigenvalue weighted by Crippen LogP contribution is 2.16. The second-order valence-electron chi connectivity index (χ2n) is 5.70. The van der Waals surface area contributed by atoms with Gasteiger partial charge in [0.25, 0.3) is 0 Å². The predicted octanol–water partition coefficient (Wildman–Crippen LogP) is 4.16. The van der Waals surface area contributed by atoms with Crippen LogP contribution in [0.15, 0.2) is 54.6 Å². The number of benzene rings is 2. The fourth-order valence-electron chi connectivity index (χ4n) is 2.41. The first-order valence-corrected chi connectivity index (χ1v) is 8.54. The van der Waals surface area contributed by atoms with Gasteiger partial charge in [0.05, 0.1) is 6.61 Å². The van der Waals surface area contributed by atoms with Crippen molar-refractivity contribution in [2.75, 3.05) is 32.2 Å². The summed E-state index contributed by atoms with van der Waals surface area (Å²) in [5.74, 6) is 0.754. The molecule has 0 bridgehead atoms. The molecule has 0 spiro atoms. The number of hydrogen-bond acceptors (Lipinski definition) is 3. The SMILES string of the molecule is CCCN(Cc1ccccc1)C(=O)Nc1ccc(OCCOC)cc1. The van der Waals surface area contributed by atoms with Crippen LogP contribution in [0.5, 0.6) is 5.75 Å². The molecule has 0 aromatic heterocycles. The van der Waals surface area contributed by atoms with Gasteiger partial charge >= 0.3 is 6.03 Å². The Hall–Kier alpha value is -2.53. The van der Waals surface area contributed by atoms with Gasteiger partial charge in [0.15, 0.2) is 0 Å². The summed E-state index contributed by atoms with van der Waals surface area (Å²) < 4.78 is 10.5. The van der Waals surface area contributed by atoms with Crippen molar-refractivity contribution in [1.29, 1.82) is 0 Å². The van der Waals surface area contributed by atoms with E-state index in [0.29, 0.717) is 26.3 Å². The van der Waals surface area contributed by atoms with Crippen LogP contribution in [-0.4, -0.2) is 37.8 Å². The summed E-state index contributed by atoms with van der Waals surface area (Å²) >= 11 is 0. The molecule has 25 heavy (non-hydrogen) atoms. The Morgan fingerprint density at radius 1 is 1.04 bits per heavy atom. The van der Waals surface area contributed by atoms with Gasteiger partial charge in [0.2, 0.25) is 0 Å². The summed E-state index contributed by atoms with van der Waals surface area (Å²) in [5.41, 5.74) is 1.87. The zero-order valence-electron chi connectivity index (χ0n) is 14.9. The standard InChI is InChI=1S/C20H26N2O3/c1-3-13-22(16-17-7-5-4-6-8-17)20(23)21-18-9-11-19(12-10-18)25-15-14-24-2/h4-12H,3,13-16H2,1-2H3,(H,21,23). The van der Waals surface area contributed by atoms with Gasteiger partial charge in [-0.3, -0.25) is 0 Å². The Morgan fingerprint density at radius 3 is 2.40 bits per heavy atom. The average molecular weight is 342 g/mol. The van der Waals surface area contributed by atoms with Crippen LogP contribution in [0.1, 0.15) is 18.9 Å². The van der Waals surface area contributed by atoms with Crippen LogP contribution in [0, 0.1) is 0 Å². The van der Waals surface area contributed by atoms with Gasteiger partial charge in [-0.1, -0.05) is 37.3 Å². The molecule has 0 saturated carbocycles. The van der Waals surface area contributed by atoms with E-state index in [0.717, 1.165) is 23.4 Å². The van der Waals surface area contributed by atoms with Crippen LogP contribution in [-0.2, 0) is 11.3 Å². The Labute approximate surface area is 149 Å². The minimum atomic E-state index is -0.0984. The van der Waals surface area contributed by atoms with Crippen molar-refractivity contribution >= 4 is 11.7 Å². The Balaban J connectivity index is 1.93. The summed E-state index contributed by atoms with van der Waals surface area (Å²) in [6, 6.07) is 17.3. The molecular formula is C20H26N2O3. The molecule has 5 heteroatoms. The van der Waals surface area contributed by atoms with E-state index in [4.69, 9.17) is 9.47 Å². The van der Waals surface area contributed by atoms with Gasteiger partial charge in [-0.15, -0.1) is 0 Å². The molecule has 2 rings (SSSR count). The second-order valence-corrected chi connectivity index (χ2v) is 5.70. The molecule has 2 amide bonds. The summed E-state index contributed by atoms with van der Waals surface area (Å²) in [7, 11) is 1.64. The number of carbonyl (C=O) groups is 1. The number of rotatable bonds is 9. The normalized spacial score (nSPS) is 10.3. The van der Waals surface area contributed by atoms with E-state index in [1.807, 2.05) is 59.5 Å². The maximum Gasteiger partial charge on any atom is 0.322 e. The number of amides is 2. The summed E-state index contributed by atoms with van der Waals surface area (Å²) in [5, 5.41) is 2.95. The van der Waals surface area contributed by atoms with Gasteiger partial charge in [0, 0.05) is 25.9 Å². The highest BCUT2D eigenvalue weighted by Gasteiger charge is 2.13. The third-order valence-corrected chi connectivity index (χ3v) is 3.66. The quantitative estimate of drug-likeness (QED) is 0.696. The molecule has 2 aromatic rings. The van der Waals surface area contributed by atoms with E-state index in [-0.39, 0.29) is 6.03 Å².